The van der Waals surface area contributed by atoms with Crippen LogP contribution in [0.1, 0.15) is 32.8 Å². The maximum Gasteiger partial charge on any atom is 0.128 e. The number of aliphatic imine (C=N–C) groups is 1. The van der Waals surface area contributed by atoms with Crippen molar-refractivity contribution >= 4 is 11.5 Å². The average molecular weight is 274 g/mol. The lowest BCUT2D eigenvalue weighted by molar-refractivity contribution is 0.238. The Bertz CT molecular complexity index is 619. The van der Waals surface area contributed by atoms with Crippen LogP contribution in [-0.4, -0.2) is 5.84 Å². The van der Waals surface area contributed by atoms with Gasteiger partial charge in [-0.2, -0.15) is 5.26 Å². The number of benzene rings is 1. The number of nitriles is 1. The van der Waals surface area contributed by atoms with Gasteiger partial charge in [0.25, 0.3) is 0 Å². The van der Waals surface area contributed by atoms with Crippen molar-refractivity contribution in [3.63, 3.8) is 0 Å². The molecule has 0 saturated heterocycles. The van der Waals surface area contributed by atoms with Gasteiger partial charge >= 0.3 is 0 Å². The molecule has 1 aliphatic rings. The molecule has 3 atom stereocenters. The Labute approximate surface area is 118 Å². The SMILES string of the molecule is CC1CC(C)(C#N)C(N)=N[C@]1(C)c1cc(N)ccc1F. The highest BCUT2D eigenvalue weighted by atomic mass is 19.1. The maximum atomic E-state index is 14.1. The molecule has 0 amide bonds. The first-order chi connectivity index (χ1) is 9.23. The number of hydrogen-bond donors (Lipinski definition) is 2. The van der Waals surface area contributed by atoms with Crippen LogP contribution in [0.5, 0.6) is 0 Å². The van der Waals surface area contributed by atoms with Crippen LogP contribution in [-0.2, 0) is 5.54 Å². The molecule has 4 nitrogen and oxygen atoms in total. The first-order valence-electron chi connectivity index (χ1n) is 6.55. The van der Waals surface area contributed by atoms with Crippen LogP contribution in [0.15, 0.2) is 23.2 Å². The van der Waals surface area contributed by atoms with E-state index in [-0.39, 0.29) is 17.6 Å². The van der Waals surface area contributed by atoms with Crippen molar-refractivity contribution in [1.29, 1.82) is 5.26 Å². The average Bonchev–Trinajstić information content (AvgIpc) is 2.39. The zero-order valence-electron chi connectivity index (χ0n) is 11.9. The molecule has 1 aromatic carbocycles. The van der Waals surface area contributed by atoms with Crippen molar-refractivity contribution < 1.29 is 4.39 Å². The van der Waals surface area contributed by atoms with Crippen molar-refractivity contribution in [2.24, 2.45) is 22.1 Å². The number of halogens is 1. The molecule has 0 aromatic heterocycles. The lowest BCUT2D eigenvalue weighted by atomic mass is 9.68. The van der Waals surface area contributed by atoms with Gasteiger partial charge in [0.1, 0.15) is 17.1 Å². The van der Waals surface area contributed by atoms with E-state index in [0.717, 1.165) is 0 Å². The fourth-order valence-electron chi connectivity index (χ4n) is 2.76. The number of anilines is 1. The van der Waals surface area contributed by atoms with Crippen molar-refractivity contribution in [2.45, 2.75) is 32.7 Å². The van der Waals surface area contributed by atoms with Crippen LogP contribution >= 0.6 is 0 Å². The molecule has 1 aliphatic heterocycles. The van der Waals surface area contributed by atoms with Crippen LogP contribution < -0.4 is 11.5 Å². The molecular formula is C15H19FN4. The fraction of sp³-hybridized carbons (Fsp3) is 0.467. The molecule has 0 aliphatic carbocycles. The van der Waals surface area contributed by atoms with Crippen LogP contribution in [0.4, 0.5) is 10.1 Å². The van der Waals surface area contributed by atoms with Gasteiger partial charge in [-0.1, -0.05) is 6.92 Å². The van der Waals surface area contributed by atoms with E-state index in [2.05, 4.69) is 11.1 Å². The second-order valence-electron chi connectivity index (χ2n) is 5.93. The minimum atomic E-state index is -0.806. The molecule has 1 aromatic rings. The summed E-state index contributed by atoms with van der Waals surface area (Å²) in [5, 5.41) is 9.27. The molecule has 4 N–H and O–H groups in total. The van der Waals surface area contributed by atoms with Gasteiger partial charge in [0.2, 0.25) is 0 Å². The molecule has 2 rings (SSSR count). The summed E-state index contributed by atoms with van der Waals surface area (Å²) in [6.45, 7) is 5.55. The number of nitrogens with zero attached hydrogens (tertiary/aromatic N) is 2. The van der Waals surface area contributed by atoms with E-state index in [1.807, 2.05) is 13.8 Å². The van der Waals surface area contributed by atoms with Crippen LogP contribution in [0, 0.1) is 28.5 Å². The molecule has 1 heterocycles. The molecule has 20 heavy (non-hydrogen) atoms. The largest absolute Gasteiger partial charge is 0.399 e. The highest BCUT2D eigenvalue weighted by Crippen LogP contribution is 2.45. The van der Waals surface area contributed by atoms with Gasteiger partial charge in [0.05, 0.1) is 11.6 Å². The van der Waals surface area contributed by atoms with E-state index in [4.69, 9.17) is 11.5 Å². The van der Waals surface area contributed by atoms with Crippen LogP contribution in [0.25, 0.3) is 0 Å². The third kappa shape index (κ3) is 2.01. The maximum absolute atomic E-state index is 14.1. The fourth-order valence-corrected chi connectivity index (χ4v) is 2.76. The lowest BCUT2D eigenvalue weighted by Gasteiger charge is -2.42. The molecule has 0 saturated carbocycles. The third-order valence-electron chi connectivity index (χ3n) is 4.37. The van der Waals surface area contributed by atoms with Gasteiger partial charge in [0, 0.05) is 11.3 Å². The Hall–Kier alpha value is -2.09. The summed E-state index contributed by atoms with van der Waals surface area (Å²) in [6, 6.07) is 6.65. The van der Waals surface area contributed by atoms with E-state index in [1.54, 1.807) is 13.0 Å². The topological polar surface area (TPSA) is 88.2 Å². The highest BCUT2D eigenvalue weighted by molar-refractivity contribution is 5.90. The summed E-state index contributed by atoms with van der Waals surface area (Å²) in [4.78, 5) is 4.47. The Morgan fingerprint density at radius 3 is 2.65 bits per heavy atom. The summed E-state index contributed by atoms with van der Waals surface area (Å²) in [6.07, 6.45) is 0.531. The molecule has 0 spiro atoms. The normalized spacial score (nSPS) is 33.4. The molecule has 0 fully saturated rings. The van der Waals surface area contributed by atoms with E-state index in [0.29, 0.717) is 17.7 Å². The number of nitrogen functional groups attached to an aromatic ring is 1. The minimum Gasteiger partial charge on any atom is -0.399 e. The number of nitrogens with two attached hydrogens (primary N) is 2. The smallest absolute Gasteiger partial charge is 0.128 e. The van der Waals surface area contributed by atoms with Crippen molar-refractivity contribution in [3.8, 4) is 6.07 Å². The first kappa shape index (κ1) is 14.3. The van der Waals surface area contributed by atoms with Crippen LogP contribution in [0.3, 0.4) is 0 Å². The van der Waals surface area contributed by atoms with Crippen LogP contribution in [0.2, 0.25) is 0 Å². The first-order valence-corrected chi connectivity index (χ1v) is 6.55. The van der Waals surface area contributed by atoms with E-state index in [9.17, 15) is 9.65 Å². The highest BCUT2D eigenvalue weighted by Gasteiger charge is 2.46. The molecule has 2 unspecified atom stereocenters. The van der Waals surface area contributed by atoms with Crippen molar-refractivity contribution in [1.82, 2.24) is 0 Å². The van der Waals surface area contributed by atoms with Crippen molar-refractivity contribution in [3.05, 3.63) is 29.6 Å². The second kappa shape index (κ2) is 4.48. The van der Waals surface area contributed by atoms with Gasteiger partial charge < -0.3 is 11.5 Å². The number of rotatable bonds is 1. The van der Waals surface area contributed by atoms with E-state index >= 15 is 0 Å². The Morgan fingerprint density at radius 2 is 2.05 bits per heavy atom. The zero-order valence-corrected chi connectivity index (χ0v) is 11.9. The predicted octanol–water partition coefficient (Wildman–Crippen LogP) is 2.55. The zero-order chi connectivity index (χ0) is 15.1. The summed E-state index contributed by atoms with van der Waals surface area (Å²) in [7, 11) is 0. The van der Waals surface area contributed by atoms with Gasteiger partial charge in [-0.15, -0.1) is 0 Å². The Balaban J connectivity index is 2.61. The molecule has 0 bridgehead atoms. The molecule has 5 heteroatoms. The minimum absolute atomic E-state index is 0.0317. The number of amidine groups is 1. The molecule has 106 valence electrons. The van der Waals surface area contributed by atoms with Gasteiger partial charge in [0.15, 0.2) is 0 Å². The van der Waals surface area contributed by atoms with Gasteiger partial charge in [-0.25, -0.2) is 4.39 Å². The summed E-state index contributed by atoms with van der Waals surface area (Å²) in [5.74, 6) is -0.135. The summed E-state index contributed by atoms with van der Waals surface area (Å²) < 4.78 is 14.1. The quantitative estimate of drug-likeness (QED) is 0.771. The third-order valence-corrected chi connectivity index (χ3v) is 4.37. The Kier molecular flexibility index (Phi) is 3.21. The second-order valence-corrected chi connectivity index (χ2v) is 5.93. The summed E-state index contributed by atoms with van der Waals surface area (Å²) >= 11 is 0. The predicted molar refractivity (Wildman–Crippen MR) is 77.3 cm³/mol. The summed E-state index contributed by atoms with van der Waals surface area (Å²) in [5.41, 5.74) is 11.0. The van der Waals surface area contributed by atoms with E-state index < -0.39 is 11.0 Å². The van der Waals surface area contributed by atoms with Crippen molar-refractivity contribution in [2.75, 3.05) is 5.73 Å². The number of hydrogen-bond acceptors (Lipinski definition) is 4. The monoisotopic (exact) mass is 274 g/mol. The standard InChI is InChI=1S/C15H19FN4/c1-9-7-14(2,8-17)13(19)20-15(9,3)11-6-10(18)4-5-12(11)16/h4-6,9H,7,18H2,1-3H3,(H2,19,20)/t9?,14?,15-/m0/s1. The van der Waals surface area contributed by atoms with Gasteiger partial charge in [-0.3, -0.25) is 4.99 Å². The molecular weight excluding hydrogens is 255 g/mol. The Morgan fingerprint density at radius 1 is 1.40 bits per heavy atom. The van der Waals surface area contributed by atoms with E-state index in [1.165, 1.54) is 12.1 Å². The lowest BCUT2D eigenvalue weighted by Crippen LogP contribution is -2.46. The van der Waals surface area contributed by atoms with Gasteiger partial charge in [-0.05, 0) is 44.4 Å². The molecule has 0 radical (unpaired) electrons.